The third kappa shape index (κ3) is 4.60. The van der Waals surface area contributed by atoms with Crippen molar-refractivity contribution in [3.05, 3.63) is 52.5 Å². The molecule has 2 aromatic rings. The van der Waals surface area contributed by atoms with Crippen LogP contribution in [0.2, 0.25) is 0 Å². The summed E-state index contributed by atoms with van der Waals surface area (Å²) in [6.45, 7) is 2.47. The van der Waals surface area contributed by atoms with Crippen molar-refractivity contribution in [2.24, 2.45) is 0 Å². The fraction of sp³-hybridized carbons (Fsp3) is 0.500. The molecule has 4 nitrogen and oxygen atoms in total. The van der Waals surface area contributed by atoms with Crippen molar-refractivity contribution in [3.63, 3.8) is 0 Å². The van der Waals surface area contributed by atoms with Crippen LogP contribution >= 0.6 is 11.3 Å². The molecule has 3 atom stereocenters. The van der Waals surface area contributed by atoms with Gasteiger partial charge in [-0.2, -0.15) is 0 Å². The fourth-order valence-corrected chi connectivity index (χ4v) is 3.96. The summed E-state index contributed by atoms with van der Waals surface area (Å²) in [4.78, 5) is 8.58. The largest absolute Gasteiger partial charge is 0.387 e. The van der Waals surface area contributed by atoms with Crippen LogP contribution < -0.4 is 0 Å². The second kappa shape index (κ2) is 8.16. The van der Waals surface area contributed by atoms with Gasteiger partial charge < -0.3 is 10.0 Å². The van der Waals surface area contributed by atoms with Crippen LogP contribution in [0.3, 0.4) is 0 Å². The van der Waals surface area contributed by atoms with Gasteiger partial charge in [-0.3, -0.25) is 4.90 Å². The van der Waals surface area contributed by atoms with Crippen LogP contribution in [-0.2, 0) is 6.54 Å². The maximum atomic E-state index is 13.9. The monoisotopic (exact) mass is 349 g/mol. The van der Waals surface area contributed by atoms with Crippen LogP contribution in [0.4, 0.5) is 4.39 Å². The van der Waals surface area contributed by atoms with E-state index in [-0.39, 0.29) is 6.04 Å². The lowest BCUT2D eigenvalue weighted by Gasteiger charge is -2.29. The number of aliphatic hydroxyl groups excluding tert-OH is 1. The number of aromatic nitrogens is 1. The predicted octanol–water partition coefficient (Wildman–Crippen LogP) is 2.72. The van der Waals surface area contributed by atoms with Gasteiger partial charge in [0.1, 0.15) is 11.2 Å². The van der Waals surface area contributed by atoms with Crippen LogP contribution in [0.25, 0.3) is 0 Å². The lowest BCUT2D eigenvalue weighted by molar-refractivity contribution is 0.107. The molecule has 0 radical (unpaired) electrons. The molecular weight excluding hydrogens is 325 g/mol. The lowest BCUT2D eigenvalue weighted by atomic mass is 10.1. The highest BCUT2D eigenvalue weighted by Crippen LogP contribution is 2.24. The summed E-state index contributed by atoms with van der Waals surface area (Å²) in [6, 6.07) is 9.83. The van der Waals surface area contributed by atoms with E-state index in [0.717, 1.165) is 17.1 Å². The molecule has 24 heavy (non-hydrogen) atoms. The van der Waals surface area contributed by atoms with Crippen LogP contribution in [0.5, 0.6) is 0 Å². The molecule has 0 spiro atoms. The van der Waals surface area contributed by atoms with Crippen molar-refractivity contribution in [1.82, 2.24) is 14.8 Å². The van der Waals surface area contributed by atoms with Gasteiger partial charge in [0.25, 0.3) is 0 Å². The van der Waals surface area contributed by atoms with Gasteiger partial charge in [-0.05, 0) is 19.0 Å². The normalized spacial score (nSPS) is 23.0. The van der Waals surface area contributed by atoms with E-state index in [1.54, 1.807) is 17.5 Å². The third-order valence-corrected chi connectivity index (χ3v) is 5.25. The van der Waals surface area contributed by atoms with E-state index in [1.807, 2.05) is 42.8 Å². The zero-order chi connectivity index (χ0) is 16.9. The second-order valence-electron chi connectivity index (χ2n) is 6.49. The van der Waals surface area contributed by atoms with Crippen molar-refractivity contribution in [1.29, 1.82) is 0 Å². The van der Waals surface area contributed by atoms with E-state index in [0.29, 0.717) is 26.1 Å². The minimum Gasteiger partial charge on any atom is -0.387 e. The van der Waals surface area contributed by atoms with Gasteiger partial charge in [-0.25, -0.2) is 9.37 Å². The third-order valence-electron chi connectivity index (χ3n) is 4.49. The number of nitrogens with zero attached hydrogens (tertiary/aromatic N) is 3. The van der Waals surface area contributed by atoms with Gasteiger partial charge in [0.15, 0.2) is 0 Å². The van der Waals surface area contributed by atoms with E-state index in [1.165, 1.54) is 0 Å². The Morgan fingerprint density at radius 1 is 1.42 bits per heavy atom. The van der Waals surface area contributed by atoms with Crippen LogP contribution in [-0.4, -0.2) is 58.8 Å². The summed E-state index contributed by atoms with van der Waals surface area (Å²) < 4.78 is 13.9. The number of hydrogen-bond acceptors (Lipinski definition) is 5. The molecule has 130 valence electrons. The molecule has 0 unspecified atom stereocenters. The molecule has 2 heterocycles. The van der Waals surface area contributed by atoms with E-state index in [9.17, 15) is 9.50 Å². The number of rotatable bonds is 7. The van der Waals surface area contributed by atoms with Gasteiger partial charge >= 0.3 is 0 Å². The smallest absolute Gasteiger partial charge is 0.114 e. The summed E-state index contributed by atoms with van der Waals surface area (Å²) >= 11 is 1.61. The first kappa shape index (κ1) is 17.5. The molecule has 1 aliphatic heterocycles. The Balaban J connectivity index is 1.55. The topological polar surface area (TPSA) is 39.6 Å². The highest BCUT2D eigenvalue weighted by atomic mass is 32.1. The molecule has 0 aliphatic carbocycles. The molecule has 0 amide bonds. The van der Waals surface area contributed by atoms with E-state index >= 15 is 0 Å². The number of likely N-dealkylation sites (N-methyl/N-ethyl adjacent to an activating group) is 1. The van der Waals surface area contributed by atoms with E-state index in [2.05, 4.69) is 14.8 Å². The predicted molar refractivity (Wildman–Crippen MR) is 94.7 cm³/mol. The summed E-state index contributed by atoms with van der Waals surface area (Å²) in [5, 5.41) is 13.3. The fourth-order valence-electron chi connectivity index (χ4n) is 3.32. The summed E-state index contributed by atoms with van der Waals surface area (Å²) in [5.74, 6) is 0. The summed E-state index contributed by atoms with van der Waals surface area (Å²) in [5.41, 5.74) is 0.916. The minimum atomic E-state index is -0.776. The Hall–Kier alpha value is -1.34. The minimum absolute atomic E-state index is 0.164. The molecule has 0 saturated carbocycles. The molecule has 1 aliphatic rings. The number of alkyl halides is 1. The van der Waals surface area contributed by atoms with Crippen molar-refractivity contribution in [3.8, 4) is 0 Å². The SMILES string of the molecule is CN(C[C@@H]1C[C@H](F)CN1Cc1nccs1)C[C@H](O)c1ccccc1. The number of aliphatic hydroxyl groups is 1. The number of benzene rings is 1. The molecular formula is C18H24FN3OS. The van der Waals surface area contributed by atoms with Gasteiger partial charge in [-0.15, -0.1) is 11.3 Å². The van der Waals surface area contributed by atoms with Crippen molar-refractivity contribution >= 4 is 11.3 Å². The Morgan fingerprint density at radius 2 is 2.21 bits per heavy atom. The maximum Gasteiger partial charge on any atom is 0.114 e. The second-order valence-corrected chi connectivity index (χ2v) is 7.47. The van der Waals surface area contributed by atoms with Gasteiger partial charge in [-0.1, -0.05) is 30.3 Å². The van der Waals surface area contributed by atoms with Gasteiger partial charge in [0, 0.05) is 37.3 Å². The lowest BCUT2D eigenvalue weighted by Crippen LogP contribution is -2.39. The summed E-state index contributed by atoms with van der Waals surface area (Å²) in [6.07, 6.45) is 1.05. The first-order valence-corrected chi connectivity index (χ1v) is 9.18. The van der Waals surface area contributed by atoms with Crippen molar-refractivity contribution < 1.29 is 9.50 Å². The number of hydrogen-bond donors (Lipinski definition) is 1. The summed E-state index contributed by atoms with van der Waals surface area (Å²) in [7, 11) is 1.99. The Labute approximate surface area is 146 Å². The Morgan fingerprint density at radius 3 is 2.92 bits per heavy atom. The first-order valence-electron chi connectivity index (χ1n) is 8.30. The molecule has 1 aromatic heterocycles. The van der Waals surface area contributed by atoms with Crippen molar-refractivity contribution in [2.75, 3.05) is 26.7 Å². The number of thiazole rings is 1. The average molecular weight is 349 g/mol. The van der Waals surface area contributed by atoms with Crippen LogP contribution in [0, 0.1) is 0 Å². The van der Waals surface area contributed by atoms with Crippen LogP contribution in [0.1, 0.15) is 23.1 Å². The quantitative estimate of drug-likeness (QED) is 0.834. The standard InChI is InChI=1S/C18H24FN3OS/c1-21(12-17(23)14-5-3-2-4-6-14)11-16-9-15(19)10-22(16)13-18-20-7-8-24-18/h2-8,15-17,23H,9-13H2,1H3/t15-,16-,17-/m0/s1. The molecule has 0 bridgehead atoms. The van der Waals surface area contributed by atoms with E-state index < -0.39 is 12.3 Å². The maximum absolute atomic E-state index is 13.9. The van der Waals surface area contributed by atoms with Crippen LogP contribution in [0.15, 0.2) is 41.9 Å². The first-order chi connectivity index (χ1) is 11.6. The van der Waals surface area contributed by atoms with E-state index in [4.69, 9.17) is 0 Å². The number of halogens is 1. The molecule has 1 aromatic carbocycles. The highest BCUT2D eigenvalue weighted by molar-refractivity contribution is 7.09. The van der Waals surface area contributed by atoms with Crippen molar-refractivity contribution in [2.45, 2.75) is 31.3 Å². The Kier molecular flexibility index (Phi) is 5.94. The number of likely N-dealkylation sites (tertiary alicyclic amines) is 1. The average Bonchev–Trinajstić information content (AvgIpc) is 3.18. The highest BCUT2D eigenvalue weighted by Gasteiger charge is 2.33. The zero-order valence-electron chi connectivity index (χ0n) is 13.9. The molecule has 1 N–H and O–H groups in total. The van der Waals surface area contributed by atoms with Gasteiger partial charge in [0.05, 0.1) is 12.6 Å². The molecule has 1 saturated heterocycles. The zero-order valence-corrected chi connectivity index (χ0v) is 14.7. The molecule has 6 heteroatoms. The molecule has 1 fully saturated rings. The Bertz CT molecular complexity index is 610. The molecule has 3 rings (SSSR count). The van der Waals surface area contributed by atoms with Gasteiger partial charge in [0.2, 0.25) is 0 Å².